The fourth-order valence-electron chi connectivity index (χ4n) is 21.9. The standard InChI is InChI=1S/2C25H29N3.C23H24N2O.2C22H23N3O/c2*1-16-7-6-8-21(18(16)3)23-15-28(20-11-9-19(26-4)10-12-20)25-13-17(2)24(27-5)14-22(23)25;1-14-6-5-7-19(16(14)3)21-13-25(17-8-9-18(26)11-17)23-10-15(2)22(24-4)12-20(21)23;2*1-13-7-22-18(9-21(13)23-4)20(19-11-24-10-14(2)15(19)3)12-25(22)16-5-6-17(26)8-16/h2*6-8,13-15,19-20,26H,9-12H2,1-4H3;5-7,10,12-13,17-18,26H,8-9,11H2,1-3H3;2*7,9-12,16-17,26H,5-6,8H2,1-3H3/t;;17-,18-;16-,17+;16-,17-/m..111/s1. The van der Waals surface area contributed by atoms with Gasteiger partial charge in [-0.15, -0.1) is 0 Å². The average Bonchev–Trinajstić information content (AvgIpc) is 1.55. The first-order valence-corrected chi connectivity index (χ1v) is 48.1. The van der Waals surface area contributed by atoms with Gasteiger partial charge in [-0.05, 0) is 415 Å². The molecule has 20 rings (SSSR count). The van der Waals surface area contributed by atoms with E-state index in [9.17, 15) is 15.3 Å². The van der Waals surface area contributed by atoms with Gasteiger partial charge in [0.1, 0.15) is 0 Å². The number of fused-ring (bicyclic) bond motifs is 5. The normalized spacial score (nSPS) is 19.8. The SMILES string of the molecule is [C-]#[N+]c1cc2c(-c3cccc(C)c3C)cn(C3CCC(NC)CC3)c2cc1C.[C-]#[N+]c1cc2c(-c3cccc(C)c3C)cn(C3CCC(NC)CC3)c2cc1C.[C-]#[N+]c1cc2c(-c3cccc(C)c3C)cn([C@@H]3CC[C@@H](O)C3)c2cc1C.[C-]#[N+]c1cc2c(-c3cncc(C)c3C)cn([C@@H]3CC[C@@H](O)C3)c2cc1C.[C-]#[N+]c1cc2c(-c3cncc(C)c3C)cn([C@@H]3CC[C@H](O)C3)c2cc1C. The molecule has 0 spiro atoms. The van der Waals surface area contributed by atoms with Crippen molar-refractivity contribution >= 4 is 83.0 Å². The van der Waals surface area contributed by atoms with E-state index in [1.54, 1.807) is 0 Å². The van der Waals surface area contributed by atoms with E-state index in [0.29, 0.717) is 59.4 Å². The molecule has 0 amide bonds. The van der Waals surface area contributed by atoms with Crippen molar-refractivity contribution in [2.75, 3.05) is 14.1 Å². The van der Waals surface area contributed by atoms with Gasteiger partial charge in [-0.25, -0.2) is 24.2 Å². The number of rotatable bonds is 12. The molecule has 134 heavy (non-hydrogen) atoms. The molecule has 5 N–H and O–H groups in total. The molecule has 5 aliphatic carbocycles. The second-order valence-electron chi connectivity index (χ2n) is 39.0. The van der Waals surface area contributed by atoms with Crippen LogP contribution < -0.4 is 10.6 Å². The highest BCUT2D eigenvalue weighted by molar-refractivity contribution is 6.04. The fourth-order valence-corrected chi connectivity index (χ4v) is 21.9. The third-order valence-electron chi connectivity index (χ3n) is 30.9. The number of pyridine rings is 2. The Morgan fingerprint density at radius 3 is 0.709 bits per heavy atom. The lowest BCUT2D eigenvalue weighted by Gasteiger charge is -2.30. The summed E-state index contributed by atoms with van der Waals surface area (Å²) in [5, 5.41) is 42.7. The van der Waals surface area contributed by atoms with Crippen molar-refractivity contribution in [1.82, 2.24) is 43.4 Å². The first-order chi connectivity index (χ1) is 64.5. The minimum Gasteiger partial charge on any atom is -0.393 e. The van der Waals surface area contributed by atoms with E-state index in [4.69, 9.17) is 32.9 Å². The monoisotopic (exact) mass is 1780 g/mol. The Labute approximate surface area is 791 Å². The van der Waals surface area contributed by atoms with Crippen molar-refractivity contribution in [3.8, 4) is 55.6 Å². The number of nitrogens with one attached hydrogen (secondary N) is 2. The van der Waals surface area contributed by atoms with Gasteiger partial charge in [0.2, 0.25) is 0 Å². The summed E-state index contributed by atoms with van der Waals surface area (Å²) in [6.07, 6.45) is 35.9. The zero-order valence-electron chi connectivity index (χ0n) is 81.2. The van der Waals surface area contributed by atoms with Gasteiger partial charge in [-0.2, -0.15) is 0 Å². The van der Waals surface area contributed by atoms with Crippen molar-refractivity contribution in [1.29, 1.82) is 0 Å². The van der Waals surface area contributed by atoms with E-state index in [1.807, 2.05) is 63.8 Å². The molecule has 0 saturated heterocycles. The summed E-state index contributed by atoms with van der Waals surface area (Å²) in [5.74, 6) is 0. The van der Waals surface area contributed by atoms with Crippen LogP contribution in [0.4, 0.5) is 28.4 Å². The third kappa shape index (κ3) is 18.7. The van der Waals surface area contributed by atoms with Gasteiger partial charge in [0.25, 0.3) is 0 Å². The molecule has 15 aromatic rings. The van der Waals surface area contributed by atoms with Crippen LogP contribution in [0.2, 0.25) is 0 Å². The molecule has 0 radical (unpaired) electrons. The zero-order chi connectivity index (χ0) is 94.9. The molecule has 8 aromatic carbocycles. The van der Waals surface area contributed by atoms with Crippen LogP contribution >= 0.6 is 0 Å². The lowest BCUT2D eigenvalue weighted by atomic mass is 9.91. The maximum Gasteiger partial charge on any atom is 0.190 e. The summed E-state index contributed by atoms with van der Waals surface area (Å²) in [6.45, 7) is 69.2. The van der Waals surface area contributed by atoms with Crippen molar-refractivity contribution in [2.45, 2.75) is 274 Å². The molecular formula is C117H128N14O3. The number of aryl methyl sites for hydroxylation is 10. The second-order valence-corrected chi connectivity index (χ2v) is 39.0. The number of hydrogen-bond donors (Lipinski definition) is 5. The smallest absolute Gasteiger partial charge is 0.190 e. The first kappa shape index (κ1) is 94.2. The van der Waals surface area contributed by atoms with Crippen LogP contribution in [0, 0.1) is 137 Å². The summed E-state index contributed by atoms with van der Waals surface area (Å²) in [4.78, 5) is 27.4. The van der Waals surface area contributed by atoms with Gasteiger partial charge in [0, 0.05) is 165 Å². The number of benzene rings is 8. The van der Waals surface area contributed by atoms with Crippen molar-refractivity contribution < 1.29 is 15.3 Å². The van der Waals surface area contributed by atoms with Gasteiger partial charge in [-0.1, -0.05) is 54.6 Å². The average molecular weight is 1780 g/mol. The number of nitrogens with zero attached hydrogens (tertiary/aromatic N) is 12. The number of aromatic nitrogens is 7. The first-order valence-electron chi connectivity index (χ1n) is 48.1. The molecule has 0 unspecified atom stereocenters. The summed E-state index contributed by atoms with van der Waals surface area (Å²) in [7, 11) is 4.15. The highest BCUT2D eigenvalue weighted by Gasteiger charge is 2.33. The molecule has 5 saturated carbocycles. The Kier molecular flexibility index (Phi) is 28.2. The van der Waals surface area contributed by atoms with Crippen molar-refractivity contribution in [2.24, 2.45) is 0 Å². The topological polar surface area (TPSA) is 157 Å². The molecular weight excluding hydrogens is 1650 g/mol. The Morgan fingerprint density at radius 2 is 0.485 bits per heavy atom. The Bertz CT molecular complexity index is 6650. The number of hydrogen-bond acceptors (Lipinski definition) is 7. The van der Waals surface area contributed by atoms with Gasteiger partial charge >= 0.3 is 0 Å². The third-order valence-corrected chi connectivity index (χ3v) is 30.9. The molecule has 684 valence electrons. The molecule has 0 aliphatic heterocycles. The van der Waals surface area contributed by atoms with Crippen LogP contribution in [0.15, 0.2) is 171 Å². The molecule has 7 heterocycles. The van der Waals surface area contributed by atoms with Gasteiger partial charge < -0.3 is 48.8 Å². The van der Waals surface area contributed by atoms with E-state index in [2.05, 4.69) is 293 Å². The summed E-state index contributed by atoms with van der Waals surface area (Å²) < 4.78 is 12.0. The predicted octanol–water partition coefficient (Wildman–Crippen LogP) is 29.4. The molecule has 17 heteroatoms. The molecule has 6 atom stereocenters. The van der Waals surface area contributed by atoms with Crippen molar-refractivity contribution in [3.05, 3.63) is 312 Å². The van der Waals surface area contributed by atoms with E-state index in [-0.39, 0.29) is 18.3 Å². The minimum absolute atomic E-state index is 0.204. The van der Waals surface area contributed by atoms with Gasteiger partial charge in [0.15, 0.2) is 28.4 Å². The van der Waals surface area contributed by atoms with Crippen LogP contribution in [0.25, 0.3) is 134 Å². The van der Waals surface area contributed by atoms with Crippen LogP contribution in [0.1, 0.15) is 223 Å². The van der Waals surface area contributed by atoms with E-state index < -0.39 is 0 Å². The number of aliphatic hydroxyl groups is 3. The fraction of sp³-hybridized carbons (Fsp3) is 0.376. The molecule has 0 bridgehead atoms. The van der Waals surface area contributed by atoms with Gasteiger partial charge in [-0.3, -0.25) is 9.97 Å². The molecule has 17 nitrogen and oxygen atoms in total. The quantitative estimate of drug-likeness (QED) is 0.0762. The van der Waals surface area contributed by atoms with E-state index in [0.717, 1.165) is 158 Å². The maximum absolute atomic E-state index is 10.0. The molecule has 5 fully saturated rings. The Balaban J connectivity index is 0.000000122. The highest BCUT2D eigenvalue weighted by atomic mass is 16.3. The van der Waals surface area contributed by atoms with E-state index >= 15 is 0 Å². The highest BCUT2D eigenvalue weighted by Crippen LogP contribution is 2.49. The zero-order valence-corrected chi connectivity index (χ0v) is 81.2. The lowest BCUT2D eigenvalue weighted by Crippen LogP contribution is -2.30. The molecule has 7 aromatic heterocycles. The minimum atomic E-state index is -0.216. The molecule has 5 aliphatic rings. The van der Waals surface area contributed by atoms with Crippen LogP contribution in [-0.4, -0.2) is 92.6 Å². The largest absolute Gasteiger partial charge is 0.393 e. The van der Waals surface area contributed by atoms with Crippen LogP contribution in [0.3, 0.4) is 0 Å². The summed E-state index contributed by atoms with van der Waals surface area (Å²) in [5.41, 5.74) is 39.4. The van der Waals surface area contributed by atoms with Crippen molar-refractivity contribution in [3.63, 3.8) is 0 Å². The lowest BCUT2D eigenvalue weighted by molar-refractivity contribution is 0.178. The maximum atomic E-state index is 10.0. The predicted molar refractivity (Wildman–Crippen MR) is 552 cm³/mol. The number of aliphatic hydroxyl groups excluding tert-OH is 3. The van der Waals surface area contributed by atoms with Crippen LogP contribution in [0.5, 0.6) is 0 Å². The summed E-state index contributed by atoms with van der Waals surface area (Å²) in [6, 6.07) is 43.9. The second kappa shape index (κ2) is 40.1. The Morgan fingerprint density at radius 1 is 0.261 bits per heavy atom. The Hall–Kier alpha value is -13.0. The summed E-state index contributed by atoms with van der Waals surface area (Å²) >= 11 is 0. The van der Waals surface area contributed by atoms with Gasteiger partial charge in [0.05, 0.1) is 51.2 Å². The van der Waals surface area contributed by atoms with Crippen LogP contribution in [-0.2, 0) is 0 Å². The van der Waals surface area contributed by atoms with E-state index in [1.165, 1.54) is 157 Å².